The fourth-order valence-electron chi connectivity index (χ4n) is 1.21. The van der Waals surface area contributed by atoms with Gasteiger partial charge in [0.2, 0.25) is 0 Å². The van der Waals surface area contributed by atoms with Gasteiger partial charge in [-0.05, 0) is 24.7 Å². The average Bonchev–Trinajstić information content (AvgIpc) is 2.10. The van der Waals surface area contributed by atoms with Gasteiger partial charge in [0.05, 0.1) is 5.02 Å². The molecule has 0 fully saturated rings. The fraction of sp³-hybridized carbons (Fsp3) is 0.333. The van der Waals surface area contributed by atoms with Crippen LogP contribution in [0.15, 0.2) is 18.2 Å². The summed E-state index contributed by atoms with van der Waals surface area (Å²) in [6.45, 7) is 0. The van der Waals surface area contributed by atoms with Gasteiger partial charge in [-0.15, -0.1) is 0 Å². The highest BCUT2D eigenvalue weighted by molar-refractivity contribution is 6.30. The number of benzene rings is 1. The highest BCUT2D eigenvalue weighted by Crippen LogP contribution is 2.33. The molecule has 1 N–H and O–H groups in total. The molecule has 1 rings (SSSR count). The van der Waals surface area contributed by atoms with E-state index in [9.17, 15) is 17.6 Å². The van der Waals surface area contributed by atoms with E-state index in [1.54, 1.807) is 0 Å². The molecule has 0 aliphatic heterocycles. The zero-order chi connectivity index (χ0) is 11.6. The van der Waals surface area contributed by atoms with Gasteiger partial charge in [0.15, 0.2) is 0 Å². The predicted molar refractivity (Wildman–Crippen MR) is 49.3 cm³/mol. The molecule has 0 aliphatic rings. The van der Waals surface area contributed by atoms with Crippen molar-refractivity contribution in [2.45, 2.75) is 12.2 Å². The lowest BCUT2D eigenvalue weighted by molar-refractivity contribution is -0.156. The first-order valence-corrected chi connectivity index (χ1v) is 4.43. The van der Waals surface area contributed by atoms with E-state index in [0.29, 0.717) is 0 Å². The minimum absolute atomic E-state index is 0.114. The molecule has 0 aliphatic carbocycles. The molecule has 1 aromatic carbocycles. The summed E-state index contributed by atoms with van der Waals surface area (Å²) in [5, 5.41) is 1.78. The second-order valence-electron chi connectivity index (χ2n) is 2.94. The molecule has 15 heavy (non-hydrogen) atoms. The van der Waals surface area contributed by atoms with E-state index in [-0.39, 0.29) is 10.6 Å². The summed E-state index contributed by atoms with van der Waals surface area (Å²) in [6.07, 6.45) is -4.43. The summed E-state index contributed by atoms with van der Waals surface area (Å²) in [5.41, 5.74) is -0.114. The Morgan fingerprint density at radius 2 is 1.93 bits per heavy atom. The molecular formula is C9H8ClF4N. The van der Waals surface area contributed by atoms with Crippen molar-refractivity contribution in [3.8, 4) is 0 Å². The molecule has 0 amide bonds. The van der Waals surface area contributed by atoms with E-state index in [2.05, 4.69) is 5.32 Å². The average molecular weight is 242 g/mol. The van der Waals surface area contributed by atoms with Crippen LogP contribution in [-0.4, -0.2) is 13.2 Å². The van der Waals surface area contributed by atoms with Crippen LogP contribution in [0.5, 0.6) is 0 Å². The summed E-state index contributed by atoms with van der Waals surface area (Å²) in [5.74, 6) is -0.738. The first kappa shape index (κ1) is 12.3. The maximum atomic E-state index is 12.7. The molecule has 1 unspecified atom stereocenters. The third-order valence-electron chi connectivity index (χ3n) is 1.89. The highest BCUT2D eigenvalue weighted by atomic mass is 35.5. The molecule has 0 radical (unpaired) electrons. The first-order valence-electron chi connectivity index (χ1n) is 4.05. The number of halogens is 5. The second-order valence-corrected chi connectivity index (χ2v) is 3.34. The predicted octanol–water partition coefficient (Wildman–Crippen LogP) is 3.30. The monoisotopic (exact) mass is 241 g/mol. The van der Waals surface area contributed by atoms with Gasteiger partial charge < -0.3 is 5.32 Å². The highest BCUT2D eigenvalue weighted by Gasteiger charge is 2.39. The van der Waals surface area contributed by atoms with E-state index >= 15 is 0 Å². The van der Waals surface area contributed by atoms with Crippen molar-refractivity contribution < 1.29 is 17.6 Å². The van der Waals surface area contributed by atoms with Crippen LogP contribution < -0.4 is 5.32 Å². The minimum atomic E-state index is -4.43. The molecule has 0 saturated heterocycles. The normalized spacial score (nSPS) is 14.0. The summed E-state index contributed by atoms with van der Waals surface area (Å²) in [7, 11) is 1.18. The van der Waals surface area contributed by atoms with Crippen molar-refractivity contribution in [1.29, 1.82) is 0 Å². The maximum absolute atomic E-state index is 12.7. The summed E-state index contributed by atoms with van der Waals surface area (Å²) >= 11 is 5.39. The van der Waals surface area contributed by atoms with Gasteiger partial charge >= 0.3 is 6.18 Å². The van der Waals surface area contributed by atoms with Crippen molar-refractivity contribution in [2.24, 2.45) is 0 Å². The van der Waals surface area contributed by atoms with Crippen molar-refractivity contribution >= 4 is 11.6 Å². The largest absolute Gasteiger partial charge is 0.407 e. The van der Waals surface area contributed by atoms with Crippen molar-refractivity contribution in [3.63, 3.8) is 0 Å². The smallest absolute Gasteiger partial charge is 0.306 e. The Labute approximate surface area is 89.0 Å². The number of hydrogen-bond acceptors (Lipinski definition) is 1. The number of alkyl halides is 3. The van der Waals surface area contributed by atoms with Crippen LogP contribution in [0.3, 0.4) is 0 Å². The van der Waals surface area contributed by atoms with E-state index in [0.717, 1.165) is 18.2 Å². The van der Waals surface area contributed by atoms with Crippen LogP contribution in [-0.2, 0) is 0 Å². The first-order chi connectivity index (χ1) is 6.86. The Balaban J connectivity index is 3.08. The Kier molecular flexibility index (Phi) is 3.57. The third-order valence-corrected chi connectivity index (χ3v) is 2.18. The van der Waals surface area contributed by atoms with Gasteiger partial charge in [-0.1, -0.05) is 17.7 Å². The van der Waals surface area contributed by atoms with Crippen molar-refractivity contribution in [2.75, 3.05) is 7.05 Å². The third kappa shape index (κ3) is 2.82. The molecule has 0 saturated carbocycles. The van der Waals surface area contributed by atoms with Crippen LogP contribution in [0.25, 0.3) is 0 Å². The lowest BCUT2D eigenvalue weighted by Crippen LogP contribution is -2.31. The van der Waals surface area contributed by atoms with E-state index in [1.807, 2.05) is 0 Å². The van der Waals surface area contributed by atoms with Gasteiger partial charge in [0.1, 0.15) is 11.9 Å². The summed E-state index contributed by atoms with van der Waals surface area (Å²) < 4.78 is 50.0. The van der Waals surface area contributed by atoms with E-state index in [1.165, 1.54) is 7.05 Å². The summed E-state index contributed by atoms with van der Waals surface area (Å²) in [4.78, 5) is 0. The summed E-state index contributed by atoms with van der Waals surface area (Å²) in [6, 6.07) is 1.09. The van der Waals surface area contributed by atoms with Gasteiger partial charge in [-0.3, -0.25) is 0 Å². The molecule has 6 heteroatoms. The number of nitrogens with one attached hydrogen (secondary N) is 1. The van der Waals surface area contributed by atoms with Gasteiger partial charge in [0.25, 0.3) is 0 Å². The molecule has 0 spiro atoms. The standard InChI is InChI=1S/C9H8ClF4N/c1-15-8(9(12,13)14)5-2-3-7(11)6(10)4-5/h2-4,8,15H,1H3. The van der Waals surface area contributed by atoms with Gasteiger partial charge in [-0.25, -0.2) is 4.39 Å². The number of rotatable bonds is 2. The molecule has 1 nitrogen and oxygen atoms in total. The van der Waals surface area contributed by atoms with E-state index < -0.39 is 18.0 Å². The van der Waals surface area contributed by atoms with Crippen LogP contribution in [0.4, 0.5) is 17.6 Å². The number of hydrogen-bond donors (Lipinski definition) is 1. The molecule has 0 aromatic heterocycles. The molecule has 1 aromatic rings. The quantitative estimate of drug-likeness (QED) is 0.784. The zero-order valence-corrected chi connectivity index (χ0v) is 8.46. The van der Waals surface area contributed by atoms with E-state index in [4.69, 9.17) is 11.6 Å². The SMILES string of the molecule is CNC(c1ccc(F)c(Cl)c1)C(F)(F)F. The van der Waals surface area contributed by atoms with Crippen LogP contribution in [0.2, 0.25) is 5.02 Å². The molecule has 0 heterocycles. The second kappa shape index (κ2) is 4.37. The Hall–Kier alpha value is -0.810. The fourth-order valence-corrected chi connectivity index (χ4v) is 1.40. The zero-order valence-electron chi connectivity index (χ0n) is 7.70. The van der Waals surface area contributed by atoms with Crippen molar-refractivity contribution in [3.05, 3.63) is 34.6 Å². The molecular weight excluding hydrogens is 234 g/mol. The molecule has 1 atom stereocenters. The lowest BCUT2D eigenvalue weighted by Gasteiger charge is -2.20. The van der Waals surface area contributed by atoms with Crippen molar-refractivity contribution in [1.82, 2.24) is 5.32 Å². The minimum Gasteiger partial charge on any atom is -0.306 e. The lowest BCUT2D eigenvalue weighted by atomic mass is 10.1. The topological polar surface area (TPSA) is 12.0 Å². The van der Waals surface area contributed by atoms with Crippen LogP contribution in [0.1, 0.15) is 11.6 Å². The Morgan fingerprint density at radius 3 is 2.33 bits per heavy atom. The maximum Gasteiger partial charge on any atom is 0.407 e. The van der Waals surface area contributed by atoms with Gasteiger partial charge in [0, 0.05) is 0 Å². The van der Waals surface area contributed by atoms with Gasteiger partial charge in [-0.2, -0.15) is 13.2 Å². The molecule has 0 bridgehead atoms. The Morgan fingerprint density at radius 1 is 1.33 bits per heavy atom. The van der Waals surface area contributed by atoms with Crippen LogP contribution in [0, 0.1) is 5.82 Å². The molecule has 84 valence electrons. The Bertz CT molecular complexity index is 350. The van der Waals surface area contributed by atoms with Crippen LogP contribution >= 0.6 is 11.6 Å².